The summed E-state index contributed by atoms with van der Waals surface area (Å²) in [5.74, 6) is 0.763. The van der Waals surface area contributed by atoms with Crippen LogP contribution in [0.15, 0.2) is 72.9 Å². The molecule has 0 unspecified atom stereocenters. The lowest BCUT2D eigenvalue weighted by molar-refractivity contribution is -0.136. The molecule has 2 heterocycles. The minimum Gasteiger partial charge on any atom is -0.486 e. The van der Waals surface area contributed by atoms with Gasteiger partial charge in [-0.2, -0.15) is 0 Å². The van der Waals surface area contributed by atoms with E-state index >= 15 is 0 Å². The monoisotopic (exact) mass is 427 g/mol. The molecule has 0 amide bonds. The molecule has 32 heavy (non-hydrogen) atoms. The fourth-order valence-electron chi connectivity index (χ4n) is 4.27. The van der Waals surface area contributed by atoms with Crippen LogP contribution in [0.25, 0.3) is 16.6 Å². The zero-order chi connectivity index (χ0) is 21.9. The van der Waals surface area contributed by atoms with Crippen LogP contribution in [0.3, 0.4) is 0 Å². The Morgan fingerprint density at radius 1 is 0.844 bits per heavy atom. The van der Waals surface area contributed by atoms with Crippen LogP contribution in [-0.4, -0.2) is 28.9 Å². The number of aryl methyl sites for hydroxylation is 3. The number of aliphatic carboxylic acids is 1. The quantitative estimate of drug-likeness (QED) is 0.440. The van der Waals surface area contributed by atoms with Gasteiger partial charge in [-0.25, -0.2) is 0 Å². The molecule has 5 rings (SSSR count). The number of carbonyl (C=O) groups is 1. The van der Waals surface area contributed by atoms with E-state index in [0.29, 0.717) is 19.6 Å². The van der Waals surface area contributed by atoms with Crippen LogP contribution in [0.5, 0.6) is 11.5 Å². The standard InChI is InChI=1S/C27H25NO4/c29-27(30)13-8-20-7-11-24-23(16-20)21(9-6-19-4-2-1-3-5-19)18-28(24)22-10-12-25-26(17-22)32-15-14-31-25/h1-5,7,10-12,16-18H,6,8-9,13-15H2,(H,29,30). The molecule has 162 valence electrons. The van der Waals surface area contributed by atoms with Gasteiger partial charge < -0.3 is 19.1 Å². The maximum Gasteiger partial charge on any atom is 0.303 e. The molecule has 0 atom stereocenters. The second kappa shape index (κ2) is 8.79. The topological polar surface area (TPSA) is 60.7 Å². The van der Waals surface area contributed by atoms with Crippen molar-refractivity contribution >= 4 is 16.9 Å². The Balaban J connectivity index is 1.54. The highest BCUT2D eigenvalue weighted by atomic mass is 16.6. The van der Waals surface area contributed by atoms with Gasteiger partial charge >= 0.3 is 5.97 Å². The van der Waals surface area contributed by atoms with Gasteiger partial charge in [0, 0.05) is 29.8 Å². The maximum absolute atomic E-state index is 11.0. The largest absolute Gasteiger partial charge is 0.486 e. The van der Waals surface area contributed by atoms with Crippen molar-refractivity contribution in [3.05, 3.63) is 89.6 Å². The summed E-state index contributed by atoms with van der Waals surface area (Å²) in [6, 6.07) is 22.8. The van der Waals surface area contributed by atoms with Gasteiger partial charge in [-0.05, 0) is 60.2 Å². The third-order valence-electron chi connectivity index (χ3n) is 5.91. The number of carboxylic acids is 1. The molecule has 5 heteroatoms. The van der Waals surface area contributed by atoms with Gasteiger partial charge in [0.05, 0.1) is 5.52 Å². The Kier molecular flexibility index (Phi) is 5.55. The average molecular weight is 428 g/mol. The highest BCUT2D eigenvalue weighted by Gasteiger charge is 2.16. The number of aromatic nitrogens is 1. The summed E-state index contributed by atoms with van der Waals surface area (Å²) >= 11 is 0. The Morgan fingerprint density at radius 3 is 2.47 bits per heavy atom. The number of benzene rings is 3. The first-order valence-corrected chi connectivity index (χ1v) is 11.0. The van der Waals surface area contributed by atoms with Gasteiger partial charge in [0.1, 0.15) is 13.2 Å². The Bertz CT molecular complexity index is 1260. The van der Waals surface area contributed by atoms with Gasteiger partial charge in [0.2, 0.25) is 0 Å². The highest BCUT2D eigenvalue weighted by molar-refractivity contribution is 5.86. The lowest BCUT2D eigenvalue weighted by Crippen LogP contribution is -2.15. The van der Waals surface area contributed by atoms with Crippen molar-refractivity contribution in [1.82, 2.24) is 4.57 Å². The summed E-state index contributed by atoms with van der Waals surface area (Å²) in [7, 11) is 0. The van der Waals surface area contributed by atoms with Crippen molar-refractivity contribution in [3.63, 3.8) is 0 Å². The fourth-order valence-corrected chi connectivity index (χ4v) is 4.27. The summed E-state index contributed by atoms with van der Waals surface area (Å²) in [6.45, 7) is 1.12. The summed E-state index contributed by atoms with van der Waals surface area (Å²) in [6.07, 6.45) is 4.70. The lowest BCUT2D eigenvalue weighted by Gasteiger charge is -2.19. The molecule has 1 N–H and O–H groups in total. The second-order valence-corrected chi connectivity index (χ2v) is 8.08. The van der Waals surface area contributed by atoms with Crippen LogP contribution in [0, 0.1) is 0 Å². The Hall–Kier alpha value is -3.73. The molecule has 0 fully saturated rings. The van der Waals surface area contributed by atoms with Gasteiger partial charge in [-0.15, -0.1) is 0 Å². The molecule has 1 aliphatic heterocycles. The van der Waals surface area contributed by atoms with Crippen molar-refractivity contribution in [2.45, 2.75) is 25.7 Å². The molecular weight excluding hydrogens is 402 g/mol. The molecule has 0 radical (unpaired) electrons. The molecule has 5 nitrogen and oxygen atoms in total. The number of ether oxygens (including phenoxy) is 2. The van der Waals surface area contributed by atoms with Crippen molar-refractivity contribution in [1.29, 1.82) is 0 Å². The summed E-state index contributed by atoms with van der Waals surface area (Å²) in [5.41, 5.74) is 5.71. The molecule has 4 aromatic rings. The number of hydrogen-bond donors (Lipinski definition) is 1. The SMILES string of the molecule is O=C(O)CCc1ccc2c(c1)c(CCc1ccccc1)cn2-c1ccc2c(c1)OCCO2. The third-order valence-corrected chi connectivity index (χ3v) is 5.91. The predicted octanol–water partition coefficient (Wildman–Crippen LogP) is 5.20. The Labute approximate surface area is 186 Å². The van der Waals surface area contributed by atoms with E-state index in [1.54, 1.807) is 0 Å². The average Bonchev–Trinajstić information content (AvgIpc) is 3.19. The number of nitrogens with zero attached hydrogens (tertiary/aromatic N) is 1. The molecule has 0 saturated carbocycles. The van der Waals surface area contributed by atoms with E-state index in [9.17, 15) is 4.79 Å². The minimum absolute atomic E-state index is 0.133. The fraction of sp³-hybridized carbons (Fsp3) is 0.222. The maximum atomic E-state index is 11.0. The predicted molar refractivity (Wildman–Crippen MR) is 124 cm³/mol. The second-order valence-electron chi connectivity index (χ2n) is 8.08. The summed E-state index contributed by atoms with van der Waals surface area (Å²) in [4.78, 5) is 11.0. The minimum atomic E-state index is -0.775. The zero-order valence-corrected chi connectivity index (χ0v) is 17.8. The van der Waals surface area contributed by atoms with Gasteiger partial charge in [0.25, 0.3) is 0 Å². The van der Waals surface area contributed by atoms with Crippen molar-refractivity contribution in [2.24, 2.45) is 0 Å². The number of hydrogen-bond acceptors (Lipinski definition) is 3. The highest BCUT2D eigenvalue weighted by Crippen LogP contribution is 2.34. The van der Waals surface area contributed by atoms with Gasteiger partial charge in [-0.1, -0.05) is 36.4 Å². The van der Waals surface area contributed by atoms with Gasteiger partial charge in [0.15, 0.2) is 11.5 Å². The first-order valence-electron chi connectivity index (χ1n) is 11.0. The van der Waals surface area contributed by atoms with Crippen LogP contribution in [0.2, 0.25) is 0 Å². The molecule has 0 bridgehead atoms. The van der Waals surface area contributed by atoms with E-state index in [4.69, 9.17) is 14.6 Å². The number of fused-ring (bicyclic) bond motifs is 2. The molecule has 0 spiro atoms. The van der Waals surface area contributed by atoms with Crippen molar-refractivity contribution in [2.75, 3.05) is 13.2 Å². The van der Waals surface area contributed by atoms with E-state index < -0.39 is 5.97 Å². The van der Waals surface area contributed by atoms with E-state index in [-0.39, 0.29) is 6.42 Å². The van der Waals surface area contributed by atoms with E-state index in [0.717, 1.165) is 41.1 Å². The molecule has 1 aromatic heterocycles. The number of carboxylic acid groups (broad SMARTS) is 1. The van der Waals surface area contributed by atoms with Crippen LogP contribution < -0.4 is 9.47 Å². The van der Waals surface area contributed by atoms with Crippen LogP contribution >= 0.6 is 0 Å². The smallest absolute Gasteiger partial charge is 0.303 e. The number of rotatable bonds is 7. The molecule has 0 aliphatic carbocycles. The van der Waals surface area contributed by atoms with Crippen molar-refractivity contribution in [3.8, 4) is 17.2 Å². The molecule has 1 aliphatic rings. The molecule has 3 aromatic carbocycles. The van der Waals surface area contributed by atoms with Crippen LogP contribution in [0.1, 0.15) is 23.1 Å². The molecule has 0 saturated heterocycles. The zero-order valence-electron chi connectivity index (χ0n) is 17.8. The first kappa shape index (κ1) is 20.2. The summed E-state index contributed by atoms with van der Waals surface area (Å²) in [5, 5.41) is 10.2. The van der Waals surface area contributed by atoms with E-state index in [2.05, 4.69) is 47.2 Å². The van der Waals surface area contributed by atoms with Crippen molar-refractivity contribution < 1.29 is 19.4 Å². The lowest BCUT2D eigenvalue weighted by atomic mass is 10.0. The Morgan fingerprint density at radius 2 is 1.66 bits per heavy atom. The summed E-state index contributed by atoms with van der Waals surface area (Å²) < 4.78 is 13.7. The van der Waals surface area contributed by atoms with E-state index in [1.807, 2.05) is 30.3 Å². The van der Waals surface area contributed by atoms with Gasteiger partial charge in [-0.3, -0.25) is 4.79 Å². The molecular formula is C27H25NO4. The normalized spacial score (nSPS) is 12.8. The van der Waals surface area contributed by atoms with E-state index in [1.165, 1.54) is 16.5 Å². The third kappa shape index (κ3) is 4.19. The van der Waals surface area contributed by atoms with Crippen LogP contribution in [-0.2, 0) is 24.1 Å². The van der Waals surface area contributed by atoms with Crippen LogP contribution in [0.4, 0.5) is 0 Å². The first-order chi connectivity index (χ1) is 15.7.